The largest absolute Gasteiger partial charge is 0.327 e. The minimum Gasteiger partial charge on any atom is -0.327 e. The van der Waals surface area contributed by atoms with Crippen molar-refractivity contribution >= 4 is 0 Å². The standard InChI is InChI=1S/C15H24N2/c1-12-4-6-13(7-5-12)10-17-9-8-14(16)15(2,3)11-17/h4-7,14H,8-11,16H2,1-3H3. The monoisotopic (exact) mass is 232 g/mol. The van der Waals surface area contributed by atoms with E-state index in [-0.39, 0.29) is 5.41 Å². The smallest absolute Gasteiger partial charge is 0.0233 e. The van der Waals surface area contributed by atoms with Crippen LogP contribution in [-0.4, -0.2) is 24.0 Å². The summed E-state index contributed by atoms with van der Waals surface area (Å²) in [5.74, 6) is 0. The lowest BCUT2D eigenvalue weighted by Gasteiger charge is -2.42. The third kappa shape index (κ3) is 3.08. The predicted octanol–water partition coefficient (Wildman–Crippen LogP) is 2.55. The molecule has 1 aliphatic rings. The van der Waals surface area contributed by atoms with Crippen LogP contribution >= 0.6 is 0 Å². The normalized spacial score (nSPS) is 24.8. The van der Waals surface area contributed by atoms with Gasteiger partial charge in [-0.25, -0.2) is 0 Å². The second-order valence-corrected chi connectivity index (χ2v) is 6.08. The zero-order valence-electron chi connectivity index (χ0n) is 11.2. The first-order valence-electron chi connectivity index (χ1n) is 6.51. The molecule has 0 aliphatic carbocycles. The van der Waals surface area contributed by atoms with Crippen molar-refractivity contribution in [3.8, 4) is 0 Å². The van der Waals surface area contributed by atoms with Crippen LogP contribution in [0.1, 0.15) is 31.4 Å². The van der Waals surface area contributed by atoms with Gasteiger partial charge in [-0.15, -0.1) is 0 Å². The van der Waals surface area contributed by atoms with Gasteiger partial charge in [-0.3, -0.25) is 4.90 Å². The van der Waals surface area contributed by atoms with Crippen molar-refractivity contribution in [3.63, 3.8) is 0 Å². The van der Waals surface area contributed by atoms with E-state index in [0.29, 0.717) is 6.04 Å². The molecule has 1 fully saturated rings. The van der Waals surface area contributed by atoms with E-state index in [1.807, 2.05) is 0 Å². The first kappa shape index (κ1) is 12.6. The van der Waals surface area contributed by atoms with Crippen molar-refractivity contribution in [2.45, 2.75) is 39.8 Å². The Hall–Kier alpha value is -0.860. The van der Waals surface area contributed by atoms with Crippen molar-refractivity contribution in [2.24, 2.45) is 11.1 Å². The van der Waals surface area contributed by atoms with Crippen LogP contribution in [0.2, 0.25) is 0 Å². The number of likely N-dealkylation sites (tertiary alicyclic amines) is 1. The highest BCUT2D eigenvalue weighted by Crippen LogP contribution is 2.28. The van der Waals surface area contributed by atoms with Crippen LogP contribution in [0.15, 0.2) is 24.3 Å². The average molecular weight is 232 g/mol. The second kappa shape index (κ2) is 4.79. The SMILES string of the molecule is Cc1ccc(CN2CCC(N)C(C)(C)C2)cc1. The molecule has 94 valence electrons. The molecule has 0 saturated carbocycles. The average Bonchev–Trinajstić information content (AvgIpc) is 2.26. The molecule has 2 heteroatoms. The Kier molecular flexibility index (Phi) is 3.55. The summed E-state index contributed by atoms with van der Waals surface area (Å²) in [6.07, 6.45) is 1.11. The van der Waals surface area contributed by atoms with Crippen molar-refractivity contribution in [2.75, 3.05) is 13.1 Å². The van der Waals surface area contributed by atoms with E-state index < -0.39 is 0 Å². The van der Waals surface area contributed by atoms with Crippen LogP contribution in [0.4, 0.5) is 0 Å². The van der Waals surface area contributed by atoms with Crippen molar-refractivity contribution in [1.82, 2.24) is 4.90 Å². The van der Waals surface area contributed by atoms with Crippen LogP contribution < -0.4 is 5.73 Å². The van der Waals surface area contributed by atoms with Gasteiger partial charge in [0, 0.05) is 25.7 Å². The van der Waals surface area contributed by atoms with Crippen molar-refractivity contribution in [3.05, 3.63) is 35.4 Å². The molecule has 1 heterocycles. The summed E-state index contributed by atoms with van der Waals surface area (Å²) in [7, 11) is 0. The molecule has 1 aliphatic heterocycles. The molecule has 0 bridgehead atoms. The second-order valence-electron chi connectivity index (χ2n) is 6.08. The summed E-state index contributed by atoms with van der Waals surface area (Å²) >= 11 is 0. The third-order valence-electron chi connectivity index (χ3n) is 3.92. The highest BCUT2D eigenvalue weighted by molar-refractivity contribution is 5.21. The van der Waals surface area contributed by atoms with Gasteiger partial charge in [-0.2, -0.15) is 0 Å². The first-order valence-corrected chi connectivity index (χ1v) is 6.51. The molecule has 2 rings (SSSR count). The molecule has 0 radical (unpaired) electrons. The molecule has 0 spiro atoms. The van der Waals surface area contributed by atoms with E-state index >= 15 is 0 Å². The quantitative estimate of drug-likeness (QED) is 0.849. The number of aryl methyl sites for hydroxylation is 1. The molecule has 1 atom stereocenters. The molecular weight excluding hydrogens is 208 g/mol. The summed E-state index contributed by atoms with van der Waals surface area (Å²) < 4.78 is 0. The highest BCUT2D eigenvalue weighted by Gasteiger charge is 2.33. The highest BCUT2D eigenvalue weighted by atomic mass is 15.1. The predicted molar refractivity (Wildman–Crippen MR) is 72.8 cm³/mol. The Balaban J connectivity index is 1.98. The molecular formula is C15H24N2. The molecule has 1 aromatic rings. The molecule has 1 unspecified atom stereocenters. The number of hydrogen-bond donors (Lipinski definition) is 1. The van der Waals surface area contributed by atoms with Gasteiger partial charge in [0.15, 0.2) is 0 Å². The van der Waals surface area contributed by atoms with Gasteiger partial charge in [-0.05, 0) is 24.3 Å². The molecule has 0 amide bonds. The number of hydrogen-bond acceptors (Lipinski definition) is 2. The van der Waals surface area contributed by atoms with Crippen LogP contribution in [0.25, 0.3) is 0 Å². The van der Waals surface area contributed by atoms with Crippen LogP contribution in [-0.2, 0) is 6.54 Å². The lowest BCUT2D eigenvalue weighted by Crippen LogP contribution is -2.52. The molecule has 2 nitrogen and oxygen atoms in total. The van der Waals surface area contributed by atoms with Gasteiger partial charge in [0.2, 0.25) is 0 Å². The van der Waals surface area contributed by atoms with E-state index in [2.05, 4.69) is 49.9 Å². The number of benzene rings is 1. The number of nitrogens with zero attached hydrogens (tertiary/aromatic N) is 1. The fourth-order valence-corrected chi connectivity index (χ4v) is 2.57. The summed E-state index contributed by atoms with van der Waals surface area (Å²) in [6, 6.07) is 9.19. The molecule has 2 N–H and O–H groups in total. The lowest BCUT2D eigenvalue weighted by atomic mass is 9.79. The van der Waals surface area contributed by atoms with Gasteiger partial charge in [0.1, 0.15) is 0 Å². The Morgan fingerprint density at radius 3 is 2.53 bits per heavy atom. The van der Waals surface area contributed by atoms with Crippen LogP contribution in [0, 0.1) is 12.3 Å². The summed E-state index contributed by atoms with van der Waals surface area (Å²) in [4.78, 5) is 2.52. The van der Waals surface area contributed by atoms with Crippen molar-refractivity contribution in [1.29, 1.82) is 0 Å². The zero-order chi connectivity index (χ0) is 12.5. The first-order chi connectivity index (χ1) is 7.97. The van der Waals surface area contributed by atoms with Crippen LogP contribution in [0.3, 0.4) is 0 Å². The van der Waals surface area contributed by atoms with Gasteiger partial charge < -0.3 is 5.73 Å². The lowest BCUT2D eigenvalue weighted by molar-refractivity contribution is 0.0899. The van der Waals surface area contributed by atoms with Crippen molar-refractivity contribution < 1.29 is 0 Å². The van der Waals surface area contributed by atoms with Gasteiger partial charge in [-0.1, -0.05) is 43.7 Å². The van der Waals surface area contributed by atoms with E-state index in [1.54, 1.807) is 0 Å². The Morgan fingerprint density at radius 2 is 1.94 bits per heavy atom. The topological polar surface area (TPSA) is 29.3 Å². The number of rotatable bonds is 2. The molecule has 1 aromatic carbocycles. The number of piperidine rings is 1. The Morgan fingerprint density at radius 1 is 1.29 bits per heavy atom. The van der Waals surface area contributed by atoms with Gasteiger partial charge in [0.05, 0.1) is 0 Å². The molecule has 1 saturated heterocycles. The van der Waals surface area contributed by atoms with E-state index in [4.69, 9.17) is 5.73 Å². The van der Waals surface area contributed by atoms with Gasteiger partial charge in [0.25, 0.3) is 0 Å². The summed E-state index contributed by atoms with van der Waals surface area (Å²) in [5.41, 5.74) is 9.13. The maximum atomic E-state index is 6.16. The zero-order valence-corrected chi connectivity index (χ0v) is 11.2. The fourth-order valence-electron chi connectivity index (χ4n) is 2.57. The number of nitrogens with two attached hydrogens (primary N) is 1. The third-order valence-corrected chi connectivity index (χ3v) is 3.92. The molecule has 17 heavy (non-hydrogen) atoms. The fraction of sp³-hybridized carbons (Fsp3) is 0.600. The maximum absolute atomic E-state index is 6.16. The summed E-state index contributed by atoms with van der Waals surface area (Å²) in [6.45, 7) is 9.96. The summed E-state index contributed by atoms with van der Waals surface area (Å²) in [5, 5.41) is 0. The van der Waals surface area contributed by atoms with E-state index in [0.717, 1.165) is 26.1 Å². The van der Waals surface area contributed by atoms with Gasteiger partial charge >= 0.3 is 0 Å². The van der Waals surface area contributed by atoms with E-state index in [9.17, 15) is 0 Å². The van der Waals surface area contributed by atoms with Crippen LogP contribution in [0.5, 0.6) is 0 Å². The molecule has 0 aromatic heterocycles. The minimum absolute atomic E-state index is 0.239. The maximum Gasteiger partial charge on any atom is 0.0233 e. The van der Waals surface area contributed by atoms with E-state index in [1.165, 1.54) is 11.1 Å². The Labute approximate surface area is 105 Å². The Bertz CT molecular complexity index is 367. The minimum atomic E-state index is 0.239.